The Morgan fingerprint density at radius 1 is 1.16 bits per heavy atom. The molecule has 31 heavy (non-hydrogen) atoms. The van der Waals surface area contributed by atoms with E-state index in [1.54, 1.807) is 31.3 Å². The third kappa shape index (κ3) is 4.45. The zero-order valence-electron chi connectivity index (χ0n) is 17.9. The number of ether oxygens (including phenoxy) is 2. The summed E-state index contributed by atoms with van der Waals surface area (Å²) in [7, 11) is 3.17. The van der Waals surface area contributed by atoms with E-state index in [9.17, 15) is 4.79 Å². The van der Waals surface area contributed by atoms with Crippen molar-refractivity contribution in [2.45, 2.75) is 25.8 Å². The van der Waals surface area contributed by atoms with Crippen molar-refractivity contribution in [2.75, 3.05) is 20.8 Å². The lowest BCUT2D eigenvalue weighted by Gasteiger charge is -2.20. The normalized spacial score (nSPS) is 16.1. The van der Waals surface area contributed by atoms with E-state index in [2.05, 4.69) is 10.1 Å². The van der Waals surface area contributed by atoms with Crippen LogP contribution in [0.1, 0.15) is 35.9 Å². The molecule has 1 unspecified atom stereocenters. The molecule has 3 aromatic rings. The molecule has 1 saturated heterocycles. The van der Waals surface area contributed by atoms with Gasteiger partial charge >= 0.3 is 0 Å². The van der Waals surface area contributed by atoms with Gasteiger partial charge in [0.1, 0.15) is 6.04 Å². The first kappa shape index (κ1) is 20.7. The van der Waals surface area contributed by atoms with Gasteiger partial charge in [0.15, 0.2) is 11.5 Å². The molecular formula is C24H25N3O4. The molecule has 1 fully saturated rings. The molecule has 160 valence electrons. The zero-order valence-corrected chi connectivity index (χ0v) is 17.9. The quantitative estimate of drug-likeness (QED) is 0.550. The first-order valence-corrected chi connectivity index (χ1v) is 10.2. The van der Waals surface area contributed by atoms with E-state index < -0.39 is 0 Å². The van der Waals surface area contributed by atoms with Gasteiger partial charge in [-0.25, -0.2) is 0 Å². The molecule has 0 bridgehead atoms. The minimum absolute atomic E-state index is 0.0902. The van der Waals surface area contributed by atoms with Crippen LogP contribution in [0.2, 0.25) is 0 Å². The highest BCUT2D eigenvalue weighted by Gasteiger charge is 2.33. The summed E-state index contributed by atoms with van der Waals surface area (Å²) < 4.78 is 16.1. The highest BCUT2D eigenvalue weighted by molar-refractivity contribution is 5.92. The second-order valence-electron chi connectivity index (χ2n) is 7.46. The van der Waals surface area contributed by atoms with Crippen molar-refractivity contribution in [1.29, 1.82) is 0 Å². The average Bonchev–Trinajstić information content (AvgIpc) is 3.47. The molecule has 7 nitrogen and oxygen atoms in total. The van der Waals surface area contributed by atoms with E-state index >= 15 is 0 Å². The molecule has 2 aromatic carbocycles. The van der Waals surface area contributed by atoms with E-state index in [0.29, 0.717) is 29.8 Å². The van der Waals surface area contributed by atoms with Gasteiger partial charge in [-0.3, -0.25) is 4.79 Å². The lowest BCUT2D eigenvalue weighted by molar-refractivity contribution is -0.127. The largest absolute Gasteiger partial charge is 0.493 e. The van der Waals surface area contributed by atoms with Gasteiger partial charge in [0, 0.05) is 18.2 Å². The Morgan fingerprint density at radius 2 is 2.00 bits per heavy atom. The van der Waals surface area contributed by atoms with Crippen LogP contribution in [0.3, 0.4) is 0 Å². The molecule has 0 spiro atoms. The number of methoxy groups -OCH3 is 2. The van der Waals surface area contributed by atoms with Crippen molar-refractivity contribution in [3.05, 3.63) is 65.6 Å². The summed E-state index contributed by atoms with van der Waals surface area (Å²) in [6.07, 6.45) is 5.03. The maximum absolute atomic E-state index is 12.9. The summed E-state index contributed by atoms with van der Waals surface area (Å²) in [5.41, 5.74) is 2.88. The smallest absolute Gasteiger partial charge is 0.249 e. The first-order chi connectivity index (χ1) is 15.1. The fourth-order valence-electron chi connectivity index (χ4n) is 3.78. The number of carbonyl (C=O) groups is 1. The maximum Gasteiger partial charge on any atom is 0.249 e. The number of carbonyl (C=O) groups excluding carboxylic acids is 1. The lowest BCUT2D eigenvalue weighted by Crippen LogP contribution is -2.29. The Labute approximate surface area is 181 Å². The molecule has 1 atom stereocenters. The summed E-state index contributed by atoms with van der Waals surface area (Å²) in [6, 6.07) is 13.2. The van der Waals surface area contributed by atoms with Crippen LogP contribution in [-0.2, 0) is 4.79 Å². The number of hydrogen-bond donors (Lipinski definition) is 0. The molecule has 2 heterocycles. The van der Waals surface area contributed by atoms with Crippen LogP contribution < -0.4 is 9.47 Å². The SMILES string of the molecule is COc1ccc(/C=C/C(=O)N2CCCC2c2nc(-c3cccc(C)c3)no2)cc1OC. The Kier molecular flexibility index (Phi) is 6.02. The van der Waals surface area contributed by atoms with E-state index in [1.165, 1.54) is 0 Å². The zero-order chi connectivity index (χ0) is 21.8. The summed E-state index contributed by atoms with van der Waals surface area (Å²) in [5.74, 6) is 2.19. The van der Waals surface area contributed by atoms with Gasteiger partial charge in [0.2, 0.25) is 17.6 Å². The van der Waals surface area contributed by atoms with Crippen LogP contribution in [0.4, 0.5) is 0 Å². The molecule has 0 saturated carbocycles. The van der Waals surface area contributed by atoms with Crippen LogP contribution >= 0.6 is 0 Å². The van der Waals surface area contributed by atoms with Crippen molar-refractivity contribution >= 4 is 12.0 Å². The van der Waals surface area contributed by atoms with Gasteiger partial charge in [-0.1, -0.05) is 35.0 Å². The lowest BCUT2D eigenvalue weighted by atomic mass is 10.1. The Morgan fingerprint density at radius 3 is 2.77 bits per heavy atom. The van der Waals surface area contributed by atoms with Crippen LogP contribution in [0.5, 0.6) is 11.5 Å². The van der Waals surface area contributed by atoms with Crippen molar-refractivity contribution < 1.29 is 18.8 Å². The molecule has 0 radical (unpaired) electrons. The Hall–Kier alpha value is -3.61. The number of amides is 1. The second-order valence-corrected chi connectivity index (χ2v) is 7.46. The summed E-state index contributed by atoms with van der Waals surface area (Å²) in [6.45, 7) is 2.68. The van der Waals surface area contributed by atoms with Crippen molar-refractivity contribution in [3.63, 3.8) is 0 Å². The molecule has 0 N–H and O–H groups in total. The third-order valence-corrected chi connectivity index (χ3v) is 5.36. The molecule has 7 heteroatoms. The van der Waals surface area contributed by atoms with Gasteiger partial charge < -0.3 is 18.9 Å². The topological polar surface area (TPSA) is 77.7 Å². The van der Waals surface area contributed by atoms with E-state index in [1.807, 2.05) is 49.4 Å². The maximum atomic E-state index is 12.9. The van der Waals surface area contributed by atoms with Crippen molar-refractivity contribution in [1.82, 2.24) is 15.0 Å². The summed E-state index contributed by atoms with van der Waals surface area (Å²) in [4.78, 5) is 19.2. The van der Waals surface area contributed by atoms with Crippen molar-refractivity contribution in [3.8, 4) is 22.9 Å². The summed E-state index contributed by atoms with van der Waals surface area (Å²) in [5, 5.41) is 4.13. The molecular weight excluding hydrogens is 394 g/mol. The predicted octanol–water partition coefficient (Wildman–Crippen LogP) is 4.44. The highest BCUT2D eigenvalue weighted by atomic mass is 16.5. The molecule has 0 aliphatic carbocycles. The second kappa shape index (κ2) is 9.04. The summed E-state index contributed by atoms with van der Waals surface area (Å²) >= 11 is 0. The highest BCUT2D eigenvalue weighted by Crippen LogP contribution is 2.33. The van der Waals surface area contributed by atoms with E-state index in [0.717, 1.165) is 29.5 Å². The minimum Gasteiger partial charge on any atom is -0.493 e. The number of aryl methyl sites for hydroxylation is 1. The number of aromatic nitrogens is 2. The fraction of sp³-hybridized carbons (Fsp3) is 0.292. The van der Waals surface area contributed by atoms with Gasteiger partial charge in [-0.2, -0.15) is 4.98 Å². The number of nitrogens with zero attached hydrogens (tertiary/aromatic N) is 3. The minimum atomic E-state index is -0.214. The number of rotatable bonds is 6. The van der Waals surface area contributed by atoms with Crippen molar-refractivity contribution in [2.24, 2.45) is 0 Å². The van der Waals surface area contributed by atoms with Crippen LogP contribution in [0.15, 0.2) is 53.1 Å². The number of likely N-dealkylation sites (tertiary alicyclic amines) is 1. The Balaban J connectivity index is 1.50. The van der Waals surface area contributed by atoms with Gasteiger partial charge in [0.05, 0.1) is 14.2 Å². The average molecular weight is 419 g/mol. The first-order valence-electron chi connectivity index (χ1n) is 10.2. The van der Waals surface area contributed by atoms with E-state index in [-0.39, 0.29) is 11.9 Å². The standard InChI is InChI=1S/C24H25N3O4/c1-16-6-4-7-18(14-16)23-25-24(31-26-23)19-8-5-13-27(19)22(28)12-10-17-9-11-20(29-2)21(15-17)30-3/h4,6-7,9-12,14-15,19H,5,8,13H2,1-3H3/b12-10+. The third-order valence-electron chi connectivity index (χ3n) is 5.36. The molecule has 1 aromatic heterocycles. The van der Waals surface area contributed by atoms with Gasteiger partial charge in [0.25, 0.3) is 0 Å². The monoisotopic (exact) mass is 419 g/mol. The fourth-order valence-corrected chi connectivity index (χ4v) is 3.78. The van der Waals surface area contributed by atoms with Crippen LogP contribution in [0.25, 0.3) is 17.5 Å². The molecule has 4 rings (SSSR count). The van der Waals surface area contributed by atoms with Gasteiger partial charge in [-0.15, -0.1) is 0 Å². The van der Waals surface area contributed by atoms with E-state index in [4.69, 9.17) is 14.0 Å². The van der Waals surface area contributed by atoms with Crippen LogP contribution in [-0.4, -0.2) is 41.7 Å². The van der Waals surface area contributed by atoms with Crippen LogP contribution in [0, 0.1) is 6.92 Å². The molecule has 1 aliphatic heterocycles. The predicted molar refractivity (Wildman–Crippen MR) is 117 cm³/mol. The Bertz CT molecular complexity index is 1110. The van der Waals surface area contributed by atoms with Gasteiger partial charge in [-0.05, 0) is 49.6 Å². The number of hydrogen-bond acceptors (Lipinski definition) is 6. The molecule has 1 amide bonds. The number of benzene rings is 2. The molecule has 1 aliphatic rings.